The molecule has 0 aliphatic heterocycles. The van der Waals surface area contributed by atoms with Gasteiger partial charge in [-0.3, -0.25) is 4.79 Å². The van der Waals surface area contributed by atoms with Crippen LogP contribution < -0.4 is 10.6 Å². The minimum atomic E-state index is -0.162. The number of carbonyl (C=O) groups excluding carboxylic acids is 1. The lowest BCUT2D eigenvalue weighted by molar-refractivity contribution is -0.121. The van der Waals surface area contributed by atoms with Gasteiger partial charge < -0.3 is 15.4 Å². The van der Waals surface area contributed by atoms with Crippen LogP contribution in [0.3, 0.4) is 0 Å². The second-order valence-electron chi connectivity index (χ2n) is 4.70. The Morgan fingerprint density at radius 1 is 1.40 bits per heavy atom. The van der Waals surface area contributed by atoms with Crippen LogP contribution in [0.2, 0.25) is 0 Å². The number of rotatable bonds is 6. The molecular formula is C11H24N2O2. The molecule has 0 saturated carbocycles. The first-order valence-electron chi connectivity index (χ1n) is 5.48. The van der Waals surface area contributed by atoms with Crippen molar-refractivity contribution in [1.29, 1.82) is 0 Å². The Balaban J connectivity index is 3.55. The summed E-state index contributed by atoms with van der Waals surface area (Å²) in [6.07, 6.45) is 0.150. The Hall–Kier alpha value is -0.610. The van der Waals surface area contributed by atoms with Gasteiger partial charge in [-0.25, -0.2) is 0 Å². The summed E-state index contributed by atoms with van der Waals surface area (Å²) in [6.45, 7) is 11.6. The van der Waals surface area contributed by atoms with Crippen molar-refractivity contribution in [2.45, 2.75) is 46.3 Å². The summed E-state index contributed by atoms with van der Waals surface area (Å²) >= 11 is 0. The van der Waals surface area contributed by atoms with E-state index in [4.69, 9.17) is 4.74 Å². The third-order valence-corrected chi connectivity index (χ3v) is 1.68. The summed E-state index contributed by atoms with van der Waals surface area (Å²) in [5, 5.41) is 5.94. The average molecular weight is 216 g/mol. The molecule has 0 bridgehead atoms. The highest BCUT2D eigenvalue weighted by Gasteiger charge is 2.13. The third kappa shape index (κ3) is 9.69. The minimum absolute atomic E-state index is 0.0196. The lowest BCUT2D eigenvalue weighted by atomic mass is 10.1. The maximum absolute atomic E-state index is 11.4. The first-order chi connectivity index (χ1) is 6.85. The molecular weight excluding hydrogens is 192 g/mol. The van der Waals surface area contributed by atoms with Crippen LogP contribution in [0.25, 0.3) is 0 Å². The highest BCUT2D eigenvalue weighted by atomic mass is 16.5. The molecule has 0 heterocycles. The second-order valence-corrected chi connectivity index (χ2v) is 4.70. The van der Waals surface area contributed by atoms with E-state index in [1.165, 1.54) is 0 Å². The van der Waals surface area contributed by atoms with Gasteiger partial charge in [-0.1, -0.05) is 0 Å². The summed E-state index contributed by atoms with van der Waals surface area (Å²) < 4.78 is 5.33. The van der Waals surface area contributed by atoms with Gasteiger partial charge >= 0.3 is 0 Å². The van der Waals surface area contributed by atoms with Crippen LogP contribution in [0.5, 0.6) is 0 Å². The van der Waals surface area contributed by atoms with Gasteiger partial charge in [-0.05, 0) is 34.6 Å². The number of amides is 1. The van der Waals surface area contributed by atoms with Crippen LogP contribution in [-0.4, -0.2) is 37.2 Å². The van der Waals surface area contributed by atoms with Gasteiger partial charge in [-0.2, -0.15) is 0 Å². The Morgan fingerprint density at radius 3 is 2.47 bits per heavy atom. The molecule has 1 amide bonds. The van der Waals surface area contributed by atoms with Crippen molar-refractivity contribution in [3.8, 4) is 0 Å². The van der Waals surface area contributed by atoms with E-state index in [1.54, 1.807) is 0 Å². The van der Waals surface area contributed by atoms with Crippen LogP contribution in [0, 0.1) is 0 Å². The standard InChI is InChI=1S/C11H24N2O2/c1-6-15-9(2)7-12-8-10(14)13-11(3,4)5/h9,12H,6-8H2,1-5H3,(H,13,14). The Morgan fingerprint density at radius 2 is 2.00 bits per heavy atom. The zero-order chi connectivity index (χ0) is 11.9. The van der Waals surface area contributed by atoms with Gasteiger partial charge in [0.2, 0.25) is 5.91 Å². The molecule has 0 aromatic carbocycles. The molecule has 4 nitrogen and oxygen atoms in total. The predicted molar refractivity (Wildman–Crippen MR) is 61.9 cm³/mol. The van der Waals surface area contributed by atoms with E-state index >= 15 is 0 Å². The van der Waals surface area contributed by atoms with E-state index in [1.807, 2.05) is 34.6 Å². The molecule has 0 radical (unpaired) electrons. The molecule has 0 saturated heterocycles. The molecule has 0 aliphatic rings. The van der Waals surface area contributed by atoms with Gasteiger partial charge in [0.05, 0.1) is 12.6 Å². The maximum Gasteiger partial charge on any atom is 0.234 e. The average Bonchev–Trinajstić information content (AvgIpc) is 2.00. The molecule has 0 aromatic heterocycles. The predicted octanol–water partition coefficient (Wildman–Crippen LogP) is 0.916. The zero-order valence-electron chi connectivity index (χ0n) is 10.5. The normalized spacial score (nSPS) is 13.7. The molecule has 0 spiro atoms. The molecule has 1 unspecified atom stereocenters. The van der Waals surface area contributed by atoms with Crippen molar-refractivity contribution in [2.75, 3.05) is 19.7 Å². The molecule has 2 N–H and O–H groups in total. The van der Waals surface area contributed by atoms with Crippen molar-refractivity contribution >= 4 is 5.91 Å². The highest BCUT2D eigenvalue weighted by molar-refractivity contribution is 5.78. The van der Waals surface area contributed by atoms with Crippen LogP contribution in [-0.2, 0) is 9.53 Å². The first kappa shape index (κ1) is 14.4. The van der Waals surface area contributed by atoms with Gasteiger partial charge in [0.25, 0.3) is 0 Å². The van der Waals surface area contributed by atoms with Crippen LogP contribution in [0.1, 0.15) is 34.6 Å². The molecule has 1 atom stereocenters. The van der Waals surface area contributed by atoms with Crippen molar-refractivity contribution in [2.24, 2.45) is 0 Å². The minimum Gasteiger partial charge on any atom is -0.377 e. The largest absolute Gasteiger partial charge is 0.377 e. The Labute approximate surface area is 92.8 Å². The number of hydrogen-bond acceptors (Lipinski definition) is 3. The fourth-order valence-corrected chi connectivity index (χ4v) is 1.19. The van der Waals surface area contributed by atoms with Crippen molar-refractivity contribution in [1.82, 2.24) is 10.6 Å². The summed E-state index contributed by atoms with van der Waals surface area (Å²) in [6, 6.07) is 0. The molecule has 0 aromatic rings. The summed E-state index contributed by atoms with van der Waals surface area (Å²) in [5.41, 5.74) is -0.162. The first-order valence-corrected chi connectivity index (χ1v) is 5.48. The number of carbonyl (C=O) groups is 1. The molecule has 4 heteroatoms. The SMILES string of the molecule is CCOC(C)CNCC(=O)NC(C)(C)C. The van der Waals surface area contributed by atoms with Gasteiger partial charge in [0, 0.05) is 18.7 Å². The smallest absolute Gasteiger partial charge is 0.234 e. The fourth-order valence-electron chi connectivity index (χ4n) is 1.19. The van der Waals surface area contributed by atoms with E-state index in [2.05, 4.69) is 10.6 Å². The van der Waals surface area contributed by atoms with E-state index in [0.29, 0.717) is 19.7 Å². The van der Waals surface area contributed by atoms with Crippen LogP contribution >= 0.6 is 0 Å². The van der Waals surface area contributed by atoms with Gasteiger partial charge in [0.15, 0.2) is 0 Å². The van der Waals surface area contributed by atoms with E-state index in [9.17, 15) is 4.79 Å². The van der Waals surface area contributed by atoms with Gasteiger partial charge in [-0.15, -0.1) is 0 Å². The Bertz CT molecular complexity index is 188. The lowest BCUT2D eigenvalue weighted by Gasteiger charge is -2.21. The lowest BCUT2D eigenvalue weighted by Crippen LogP contribution is -2.45. The topological polar surface area (TPSA) is 50.4 Å². The van der Waals surface area contributed by atoms with E-state index < -0.39 is 0 Å². The molecule has 15 heavy (non-hydrogen) atoms. The fraction of sp³-hybridized carbons (Fsp3) is 0.909. The summed E-state index contributed by atoms with van der Waals surface area (Å²) in [5.74, 6) is 0.0196. The highest BCUT2D eigenvalue weighted by Crippen LogP contribution is 1.97. The molecule has 90 valence electrons. The van der Waals surface area contributed by atoms with E-state index in [-0.39, 0.29) is 17.6 Å². The molecule has 0 aliphatic carbocycles. The summed E-state index contributed by atoms with van der Waals surface area (Å²) in [7, 11) is 0. The second kappa shape index (κ2) is 6.80. The number of hydrogen-bond donors (Lipinski definition) is 2. The zero-order valence-corrected chi connectivity index (χ0v) is 10.5. The third-order valence-electron chi connectivity index (χ3n) is 1.68. The Kier molecular flexibility index (Phi) is 6.52. The van der Waals surface area contributed by atoms with Gasteiger partial charge in [0.1, 0.15) is 0 Å². The number of nitrogens with one attached hydrogen (secondary N) is 2. The monoisotopic (exact) mass is 216 g/mol. The number of ether oxygens (including phenoxy) is 1. The van der Waals surface area contributed by atoms with Crippen molar-refractivity contribution in [3.63, 3.8) is 0 Å². The summed E-state index contributed by atoms with van der Waals surface area (Å²) in [4.78, 5) is 11.4. The quantitative estimate of drug-likeness (QED) is 0.694. The van der Waals surface area contributed by atoms with Crippen LogP contribution in [0.4, 0.5) is 0 Å². The van der Waals surface area contributed by atoms with Crippen LogP contribution in [0.15, 0.2) is 0 Å². The molecule has 0 fully saturated rings. The maximum atomic E-state index is 11.4. The van der Waals surface area contributed by atoms with Crippen molar-refractivity contribution < 1.29 is 9.53 Å². The molecule has 0 rings (SSSR count). The van der Waals surface area contributed by atoms with Crippen molar-refractivity contribution in [3.05, 3.63) is 0 Å². The van der Waals surface area contributed by atoms with E-state index in [0.717, 1.165) is 0 Å².